The summed E-state index contributed by atoms with van der Waals surface area (Å²) in [5.74, 6) is 3.34. The molecule has 1 heteroatoms. The van der Waals surface area contributed by atoms with Gasteiger partial charge < -0.3 is 5.32 Å². The molecule has 1 nitrogen and oxygen atoms in total. The Morgan fingerprint density at radius 2 is 2.07 bits per heavy atom. The average molecular weight is 210 g/mol. The quantitative estimate of drug-likeness (QED) is 0.686. The molecule has 0 radical (unpaired) electrons. The smallest absolute Gasteiger partial charge is 0.0792 e. The Morgan fingerprint density at radius 3 is 2.60 bits per heavy atom. The van der Waals surface area contributed by atoms with Gasteiger partial charge in [0.2, 0.25) is 0 Å². The van der Waals surface area contributed by atoms with Gasteiger partial charge in [0.15, 0.2) is 0 Å². The Hall–Kier alpha value is -0.300. The van der Waals surface area contributed by atoms with Crippen LogP contribution in [0.3, 0.4) is 0 Å². The third-order valence-corrected chi connectivity index (χ3v) is 3.67. The first-order valence-corrected chi connectivity index (χ1v) is 6.49. The lowest BCUT2D eigenvalue weighted by atomic mass is 9.75. The van der Waals surface area contributed by atoms with Gasteiger partial charge in [0, 0.05) is 11.8 Å². The highest BCUT2D eigenvalue weighted by Crippen LogP contribution is 2.32. The van der Waals surface area contributed by atoms with E-state index in [1.54, 1.807) is 5.57 Å². The second-order valence-electron chi connectivity index (χ2n) is 5.87. The highest BCUT2D eigenvalue weighted by molar-refractivity contribution is 5.07. The van der Waals surface area contributed by atoms with Gasteiger partial charge in [-0.15, -0.1) is 0 Å². The Labute approximate surface area is 95.3 Å². The highest BCUT2D eigenvalue weighted by atomic mass is 14.9. The molecule has 0 amide bonds. The minimum Gasteiger partial charge on any atom is -0.346 e. The summed E-state index contributed by atoms with van der Waals surface area (Å²) in [7, 11) is 0. The zero-order chi connectivity index (χ0) is 11.4. The molecule has 1 rings (SSSR count). The minimum atomic E-state index is 0.775. The van der Waals surface area contributed by atoms with Crippen LogP contribution < -0.4 is 5.32 Å². The minimum absolute atomic E-state index is 0.775. The van der Waals surface area contributed by atoms with Crippen molar-refractivity contribution >= 4 is 0 Å². The predicted molar refractivity (Wildman–Crippen MR) is 66.7 cm³/mol. The Bertz CT molecular complexity index is 217. The monoisotopic (exact) mass is 210 g/mol. The van der Waals surface area contributed by atoms with E-state index in [4.69, 9.17) is 0 Å². The molecule has 2 N–H and O–H groups in total. The number of nitrogens with two attached hydrogens (primary N) is 1. The van der Waals surface area contributed by atoms with Crippen LogP contribution in [0.5, 0.6) is 0 Å². The van der Waals surface area contributed by atoms with E-state index >= 15 is 0 Å². The van der Waals surface area contributed by atoms with Gasteiger partial charge in [0.05, 0.1) is 13.1 Å². The molecule has 88 valence electrons. The van der Waals surface area contributed by atoms with E-state index in [9.17, 15) is 0 Å². The molecule has 0 aliphatic heterocycles. The lowest BCUT2D eigenvalue weighted by Crippen LogP contribution is -2.87. The third kappa shape index (κ3) is 3.98. The normalized spacial score (nSPS) is 31.9. The van der Waals surface area contributed by atoms with E-state index in [0.29, 0.717) is 0 Å². The standard InChI is InChI=1S/C14H27N/c1-10(2)8-15-9-14-12(4)6-11(3)7-13(14)5/h6,10,12-15H,7-9H2,1-5H3/p+1/t12-,13+,14+/m0/s1. The first-order valence-electron chi connectivity index (χ1n) is 6.49. The molecule has 1 aliphatic rings. The van der Waals surface area contributed by atoms with E-state index < -0.39 is 0 Å². The van der Waals surface area contributed by atoms with Crippen LogP contribution in [0.15, 0.2) is 11.6 Å². The molecule has 0 saturated heterocycles. The zero-order valence-corrected chi connectivity index (χ0v) is 11.1. The molecule has 0 saturated carbocycles. The van der Waals surface area contributed by atoms with Gasteiger partial charge in [-0.2, -0.15) is 0 Å². The summed E-state index contributed by atoms with van der Waals surface area (Å²) in [4.78, 5) is 0. The van der Waals surface area contributed by atoms with E-state index in [1.807, 2.05) is 0 Å². The molecule has 0 spiro atoms. The topological polar surface area (TPSA) is 16.6 Å². The van der Waals surface area contributed by atoms with Crippen molar-refractivity contribution in [2.75, 3.05) is 13.1 Å². The molecule has 0 unspecified atom stereocenters. The summed E-state index contributed by atoms with van der Waals surface area (Å²) < 4.78 is 0. The fourth-order valence-electron chi connectivity index (χ4n) is 2.89. The average Bonchev–Trinajstić information content (AvgIpc) is 2.08. The second kappa shape index (κ2) is 5.69. The van der Waals surface area contributed by atoms with E-state index in [0.717, 1.165) is 23.7 Å². The second-order valence-corrected chi connectivity index (χ2v) is 5.87. The van der Waals surface area contributed by atoms with Crippen molar-refractivity contribution in [3.63, 3.8) is 0 Å². The lowest BCUT2D eigenvalue weighted by Gasteiger charge is -2.31. The van der Waals surface area contributed by atoms with Crippen LogP contribution in [0.25, 0.3) is 0 Å². The van der Waals surface area contributed by atoms with Crippen molar-refractivity contribution in [3.05, 3.63) is 11.6 Å². The molecule has 0 aromatic carbocycles. The van der Waals surface area contributed by atoms with Crippen LogP contribution in [-0.2, 0) is 0 Å². The highest BCUT2D eigenvalue weighted by Gasteiger charge is 2.27. The maximum atomic E-state index is 2.51. The first kappa shape index (κ1) is 12.8. The van der Waals surface area contributed by atoms with Crippen molar-refractivity contribution in [2.45, 2.75) is 41.0 Å². The van der Waals surface area contributed by atoms with Crippen LogP contribution in [0.1, 0.15) is 41.0 Å². The Balaban J connectivity index is 2.40. The van der Waals surface area contributed by atoms with Crippen molar-refractivity contribution in [2.24, 2.45) is 23.7 Å². The number of allylic oxidation sites excluding steroid dienone is 2. The van der Waals surface area contributed by atoms with E-state index in [2.05, 4.69) is 46.0 Å². The number of rotatable bonds is 4. The Kier molecular flexibility index (Phi) is 4.85. The largest absolute Gasteiger partial charge is 0.346 e. The Morgan fingerprint density at radius 1 is 1.40 bits per heavy atom. The summed E-state index contributed by atoms with van der Waals surface area (Å²) in [6.45, 7) is 14.3. The van der Waals surface area contributed by atoms with Gasteiger partial charge >= 0.3 is 0 Å². The third-order valence-electron chi connectivity index (χ3n) is 3.67. The first-order chi connectivity index (χ1) is 7.00. The molecule has 0 aromatic heterocycles. The summed E-state index contributed by atoms with van der Waals surface area (Å²) >= 11 is 0. The maximum absolute atomic E-state index is 2.51. The van der Waals surface area contributed by atoms with Gasteiger partial charge in [-0.25, -0.2) is 0 Å². The van der Waals surface area contributed by atoms with Crippen LogP contribution in [-0.4, -0.2) is 13.1 Å². The van der Waals surface area contributed by atoms with Crippen molar-refractivity contribution in [1.82, 2.24) is 0 Å². The molecule has 15 heavy (non-hydrogen) atoms. The molecule has 1 aliphatic carbocycles. The van der Waals surface area contributed by atoms with Crippen molar-refractivity contribution in [3.8, 4) is 0 Å². The fourth-order valence-corrected chi connectivity index (χ4v) is 2.89. The van der Waals surface area contributed by atoms with Gasteiger partial charge in [0.25, 0.3) is 0 Å². The summed E-state index contributed by atoms with van der Waals surface area (Å²) in [5.41, 5.74) is 1.59. The molecular weight excluding hydrogens is 182 g/mol. The van der Waals surface area contributed by atoms with Gasteiger partial charge in [-0.3, -0.25) is 0 Å². The summed E-state index contributed by atoms with van der Waals surface area (Å²) in [6, 6.07) is 0. The zero-order valence-electron chi connectivity index (χ0n) is 11.1. The number of quaternary nitrogens is 1. The van der Waals surface area contributed by atoms with E-state index in [-0.39, 0.29) is 0 Å². The summed E-state index contributed by atoms with van der Waals surface area (Å²) in [6.07, 6.45) is 3.79. The molecular formula is C14H28N+. The van der Waals surface area contributed by atoms with E-state index in [1.165, 1.54) is 19.5 Å². The van der Waals surface area contributed by atoms with Gasteiger partial charge in [-0.1, -0.05) is 39.3 Å². The number of hydrogen-bond donors (Lipinski definition) is 1. The van der Waals surface area contributed by atoms with Crippen LogP contribution in [0.4, 0.5) is 0 Å². The lowest BCUT2D eigenvalue weighted by molar-refractivity contribution is -0.666. The fraction of sp³-hybridized carbons (Fsp3) is 0.857. The SMILES string of the molecule is CC1=C[C@H](C)[C@@H](C[NH2+]CC(C)C)[C@H](C)C1. The van der Waals surface area contributed by atoms with Crippen LogP contribution >= 0.6 is 0 Å². The molecule has 0 bridgehead atoms. The van der Waals surface area contributed by atoms with Crippen LogP contribution in [0.2, 0.25) is 0 Å². The molecule has 0 fully saturated rings. The van der Waals surface area contributed by atoms with Gasteiger partial charge in [-0.05, 0) is 25.2 Å². The summed E-state index contributed by atoms with van der Waals surface area (Å²) in [5, 5.41) is 2.51. The molecule has 0 aromatic rings. The van der Waals surface area contributed by atoms with Crippen LogP contribution in [0, 0.1) is 23.7 Å². The molecule has 3 atom stereocenters. The van der Waals surface area contributed by atoms with Crippen molar-refractivity contribution in [1.29, 1.82) is 0 Å². The number of hydrogen-bond acceptors (Lipinski definition) is 0. The predicted octanol–water partition coefficient (Wildman–Crippen LogP) is 2.44. The molecule has 0 heterocycles. The van der Waals surface area contributed by atoms with Gasteiger partial charge in [0.1, 0.15) is 0 Å². The van der Waals surface area contributed by atoms with Crippen molar-refractivity contribution < 1.29 is 5.32 Å². The maximum Gasteiger partial charge on any atom is 0.0792 e.